The summed E-state index contributed by atoms with van der Waals surface area (Å²) in [5.41, 5.74) is 0.563. The smallest absolute Gasteiger partial charge is 0.254 e. The Bertz CT molecular complexity index is 543. The first-order chi connectivity index (χ1) is 9.93. The summed E-state index contributed by atoms with van der Waals surface area (Å²) in [4.78, 5) is 12.1. The van der Waals surface area contributed by atoms with Crippen LogP contribution in [0.1, 0.15) is 49.5 Å². The van der Waals surface area contributed by atoms with Crippen LogP contribution in [0.25, 0.3) is 0 Å². The topological polar surface area (TPSA) is 49.3 Å². The summed E-state index contributed by atoms with van der Waals surface area (Å²) in [7, 11) is 0. The Morgan fingerprint density at radius 2 is 2.10 bits per heavy atom. The van der Waals surface area contributed by atoms with Crippen LogP contribution in [0.3, 0.4) is 0 Å². The Kier molecular flexibility index (Phi) is 6.90. The second kappa shape index (κ2) is 8.43. The van der Waals surface area contributed by atoms with Crippen LogP contribution in [0, 0.1) is 23.6 Å². The van der Waals surface area contributed by atoms with E-state index in [4.69, 9.17) is 5.11 Å². The minimum atomic E-state index is -0.558. The first-order valence-corrected chi connectivity index (χ1v) is 7.14. The molecule has 0 radical (unpaired) electrons. The van der Waals surface area contributed by atoms with E-state index in [2.05, 4.69) is 31.0 Å². The van der Waals surface area contributed by atoms with Crippen molar-refractivity contribution in [2.45, 2.75) is 39.7 Å². The predicted molar refractivity (Wildman–Crippen MR) is 81.4 cm³/mol. The molecule has 0 saturated heterocycles. The maximum atomic E-state index is 13.8. The fourth-order valence-corrected chi connectivity index (χ4v) is 2.07. The molecule has 0 saturated carbocycles. The summed E-state index contributed by atoms with van der Waals surface area (Å²) in [5, 5.41) is 11.5. The summed E-state index contributed by atoms with van der Waals surface area (Å²) < 4.78 is 13.8. The van der Waals surface area contributed by atoms with Crippen molar-refractivity contribution in [3.8, 4) is 11.8 Å². The van der Waals surface area contributed by atoms with Gasteiger partial charge in [0.25, 0.3) is 5.91 Å². The van der Waals surface area contributed by atoms with E-state index < -0.39 is 11.7 Å². The van der Waals surface area contributed by atoms with E-state index in [1.54, 1.807) is 0 Å². The van der Waals surface area contributed by atoms with Crippen molar-refractivity contribution in [2.24, 2.45) is 5.92 Å². The highest BCUT2D eigenvalue weighted by atomic mass is 19.1. The zero-order valence-electron chi connectivity index (χ0n) is 12.7. The SMILES string of the molecule is CC(C)CC(C)NC(=O)c1cc(C#CCCO)ccc1F. The van der Waals surface area contributed by atoms with Gasteiger partial charge in [0.15, 0.2) is 0 Å². The van der Waals surface area contributed by atoms with Crippen LogP contribution in [0.2, 0.25) is 0 Å². The average molecular weight is 291 g/mol. The van der Waals surface area contributed by atoms with E-state index in [-0.39, 0.29) is 18.2 Å². The van der Waals surface area contributed by atoms with Crippen molar-refractivity contribution in [1.82, 2.24) is 5.32 Å². The molecule has 21 heavy (non-hydrogen) atoms. The molecule has 3 nitrogen and oxygen atoms in total. The van der Waals surface area contributed by atoms with Crippen molar-refractivity contribution in [2.75, 3.05) is 6.61 Å². The van der Waals surface area contributed by atoms with E-state index in [0.29, 0.717) is 17.9 Å². The molecule has 0 aromatic heterocycles. The number of aliphatic hydroxyl groups excluding tert-OH is 1. The van der Waals surface area contributed by atoms with Crippen molar-refractivity contribution >= 4 is 5.91 Å². The predicted octanol–water partition coefficient (Wildman–Crippen LogP) is 2.72. The summed E-state index contributed by atoms with van der Waals surface area (Å²) in [6, 6.07) is 4.19. The van der Waals surface area contributed by atoms with Crippen LogP contribution in [-0.4, -0.2) is 23.7 Å². The Labute approximate surface area is 125 Å². The number of carbonyl (C=O) groups excluding carboxylic acids is 1. The summed E-state index contributed by atoms with van der Waals surface area (Å²) in [6.45, 7) is 6.02. The van der Waals surface area contributed by atoms with Crippen molar-refractivity contribution in [3.05, 3.63) is 35.1 Å². The van der Waals surface area contributed by atoms with Gasteiger partial charge in [0.05, 0.1) is 12.2 Å². The minimum Gasteiger partial charge on any atom is -0.395 e. The Balaban J connectivity index is 2.84. The van der Waals surface area contributed by atoms with Crippen LogP contribution < -0.4 is 5.32 Å². The van der Waals surface area contributed by atoms with E-state index in [1.807, 2.05) is 6.92 Å². The molecule has 1 amide bonds. The van der Waals surface area contributed by atoms with Gasteiger partial charge in [-0.3, -0.25) is 4.79 Å². The van der Waals surface area contributed by atoms with Crippen LogP contribution >= 0.6 is 0 Å². The highest BCUT2D eigenvalue weighted by Gasteiger charge is 2.15. The van der Waals surface area contributed by atoms with Gasteiger partial charge in [0, 0.05) is 18.0 Å². The van der Waals surface area contributed by atoms with Gasteiger partial charge >= 0.3 is 0 Å². The van der Waals surface area contributed by atoms with Crippen molar-refractivity contribution < 1.29 is 14.3 Å². The highest BCUT2D eigenvalue weighted by molar-refractivity contribution is 5.95. The number of hydrogen-bond donors (Lipinski definition) is 2. The molecule has 0 aliphatic carbocycles. The van der Waals surface area contributed by atoms with Gasteiger partial charge in [-0.25, -0.2) is 4.39 Å². The second-order valence-corrected chi connectivity index (χ2v) is 5.47. The minimum absolute atomic E-state index is 0.00130. The summed E-state index contributed by atoms with van der Waals surface area (Å²) in [6.07, 6.45) is 1.19. The highest BCUT2D eigenvalue weighted by Crippen LogP contribution is 2.11. The standard InChI is InChI=1S/C17H22FNO2/c1-12(2)10-13(3)19-17(21)15-11-14(6-4-5-9-20)7-8-16(15)18/h7-8,11-13,20H,5,9-10H2,1-3H3,(H,19,21). The molecule has 1 unspecified atom stereocenters. The fraction of sp³-hybridized carbons (Fsp3) is 0.471. The molecule has 1 atom stereocenters. The molecule has 0 aliphatic rings. The molecule has 114 valence electrons. The van der Waals surface area contributed by atoms with Gasteiger partial charge in [-0.15, -0.1) is 0 Å². The molecule has 4 heteroatoms. The first kappa shape index (κ1) is 17.2. The Morgan fingerprint density at radius 3 is 2.71 bits per heavy atom. The monoisotopic (exact) mass is 291 g/mol. The number of carbonyl (C=O) groups is 1. The van der Waals surface area contributed by atoms with Crippen LogP contribution in [0.5, 0.6) is 0 Å². The van der Waals surface area contributed by atoms with Gasteiger partial charge in [0.1, 0.15) is 5.82 Å². The van der Waals surface area contributed by atoms with Gasteiger partial charge in [-0.2, -0.15) is 0 Å². The molecule has 0 bridgehead atoms. The third-order valence-corrected chi connectivity index (χ3v) is 2.88. The Hall–Kier alpha value is -1.86. The van der Waals surface area contributed by atoms with Crippen LogP contribution in [0.15, 0.2) is 18.2 Å². The number of amides is 1. The lowest BCUT2D eigenvalue weighted by molar-refractivity contribution is 0.0932. The first-order valence-electron chi connectivity index (χ1n) is 7.14. The molecule has 0 spiro atoms. The lowest BCUT2D eigenvalue weighted by Crippen LogP contribution is -2.34. The van der Waals surface area contributed by atoms with E-state index in [0.717, 1.165) is 6.42 Å². The van der Waals surface area contributed by atoms with Crippen molar-refractivity contribution in [3.63, 3.8) is 0 Å². The summed E-state index contributed by atoms with van der Waals surface area (Å²) >= 11 is 0. The molecular weight excluding hydrogens is 269 g/mol. The van der Waals surface area contributed by atoms with Crippen LogP contribution in [0.4, 0.5) is 4.39 Å². The number of rotatable bonds is 5. The van der Waals surface area contributed by atoms with Gasteiger partial charge in [-0.1, -0.05) is 25.7 Å². The zero-order valence-corrected chi connectivity index (χ0v) is 12.7. The molecule has 2 N–H and O–H groups in total. The van der Waals surface area contributed by atoms with Gasteiger partial charge in [0.2, 0.25) is 0 Å². The Morgan fingerprint density at radius 1 is 1.38 bits per heavy atom. The van der Waals surface area contributed by atoms with Crippen molar-refractivity contribution in [1.29, 1.82) is 0 Å². The third-order valence-electron chi connectivity index (χ3n) is 2.88. The number of hydrogen-bond acceptors (Lipinski definition) is 2. The molecule has 1 aromatic rings. The number of nitrogens with one attached hydrogen (secondary N) is 1. The number of aliphatic hydroxyl groups is 1. The van der Waals surface area contributed by atoms with Gasteiger partial charge < -0.3 is 10.4 Å². The van der Waals surface area contributed by atoms with E-state index in [9.17, 15) is 9.18 Å². The molecule has 0 aliphatic heterocycles. The largest absolute Gasteiger partial charge is 0.395 e. The maximum absolute atomic E-state index is 13.8. The molecule has 0 heterocycles. The number of halogens is 1. The molecular formula is C17H22FNO2. The lowest BCUT2D eigenvalue weighted by atomic mass is 10.0. The normalized spacial score (nSPS) is 11.7. The van der Waals surface area contributed by atoms with E-state index >= 15 is 0 Å². The lowest BCUT2D eigenvalue weighted by Gasteiger charge is -2.16. The average Bonchev–Trinajstić information content (AvgIpc) is 2.39. The van der Waals surface area contributed by atoms with Crippen LogP contribution in [-0.2, 0) is 0 Å². The zero-order chi connectivity index (χ0) is 15.8. The third kappa shape index (κ3) is 5.97. The quantitative estimate of drug-likeness (QED) is 0.820. The summed E-state index contributed by atoms with van der Waals surface area (Å²) in [5.74, 6) is 5.02. The molecule has 1 rings (SSSR count). The maximum Gasteiger partial charge on any atom is 0.254 e. The number of benzene rings is 1. The molecule has 1 aromatic carbocycles. The van der Waals surface area contributed by atoms with Gasteiger partial charge in [-0.05, 0) is 37.5 Å². The second-order valence-electron chi connectivity index (χ2n) is 5.47. The fourth-order valence-electron chi connectivity index (χ4n) is 2.07. The van der Waals surface area contributed by atoms with E-state index in [1.165, 1.54) is 18.2 Å². The molecule has 0 fully saturated rings.